The number of anilines is 2. The first-order valence-electron chi connectivity index (χ1n) is 9.34. The van der Waals surface area contributed by atoms with Crippen molar-refractivity contribution in [2.75, 3.05) is 37.4 Å². The highest BCUT2D eigenvalue weighted by molar-refractivity contribution is 6.14. The Labute approximate surface area is 164 Å². The molecular formula is C21H25FN4O2. The van der Waals surface area contributed by atoms with Gasteiger partial charge in [0, 0.05) is 42.1 Å². The molecule has 148 valence electrons. The second kappa shape index (κ2) is 9.32. The molecule has 1 aliphatic rings. The number of nitrogens with two attached hydrogens (primary N) is 1. The van der Waals surface area contributed by atoms with Crippen LogP contribution in [0.3, 0.4) is 0 Å². The lowest BCUT2D eigenvalue weighted by atomic mass is 10.00. The van der Waals surface area contributed by atoms with Gasteiger partial charge in [-0.1, -0.05) is 0 Å². The van der Waals surface area contributed by atoms with Crippen LogP contribution in [0, 0.1) is 5.41 Å². The van der Waals surface area contributed by atoms with Crippen molar-refractivity contribution in [2.45, 2.75) is 18.9 Å². The van der Waals surface area contributed by atoms with Crippen molar-refractivity contribution in [3.05, 3.63) is 53.6 Å². The zero-order valence-electron chi connectivity index (χ0n) is 15.7. The molecule has 2 aromatic carbocycles. The summed E-state index contributed by atoms with van der Waals surface area (Å²) in [5, 5.41) is 11.0. The number of likely N-dealkylation sites (tertiary alicyclic amines) is 1. The molecule has 0 radical (unpaired) electrons. The predicted molar refractivity (Wildman–Crippen MR) is 109 cm³/mol. The molecule has 0 atom stereocenters. The number of amides is 1. The van der Waals surface area contributed by atoms with E-state index in [2.05, 4.69) is 10.2 Å². The van der Waals surface area contributed by atoms with Crippen LogP contribution in [0.4, 0.5) is 15.8 Å². The van der Waals surface area contributed by atoms with Crippen LogP contribution >= 0.6 is 0 Å². The molecule has 0 spiro atoms. The van der Waals surface area contributed by atoms with E-state index < -0.39 is 0 Å². The van der Waals surface area contributed by atoms with Gasteiger partial charge in [0.2, 0.25) is 6.41 Å². The third kappa shape index (κ3) is 4.86. The van der Waals surface area contributed by atoms with E-state index in [0.717, 1.165) is 31.7 Å². The van der Waals surface area contributed by atoms with Gasteiger partial charge in [0.05, 0.1) is 5.71 Å². The van der Waals surface area contributed by atoms with Crippen LogP contribution in [0.25, 0.3) is 0 Å². The predicted octanol–water partition coefficient (Wildman–Crippen LogP) is 3.07. The third-order valence-electron chi connectivity index (χ3n) is 4.93. The molecule has 28 heavy (non-hydrogen) atoms. The van der Waals surface area contributed by atoms with Gasteiger partial charge in [-0.05, 0) is 55.3 Å². The minimum atomic E-state index is -0.308. The maximum atomic E-state index is 12.4. The van der Waals surface area contributed by atoms with E-state index in [1.54, 1.807) is 18.2 Å². The van der Waals surface area contributed by atoms with Crippen molar-refractivity contribution in [1.29, 1.82) is 5.41 Å². The first-order valence-corrected chi connectivity index (χ1v) is 9.34. The van der Waals surface area contributed by atoms with Gasteiger partial charge in [-0.3, -0.25) is 10.2 Å². The maximum Gasteiger partial charge on any atom is 0.211 e. The molecule has 1 aliphatic heterocycles. The molecule has 0 aromatic heterocycles. The van der Waals surface area contributed by atoms with E-state index >= 15 is 0 Å². The maximum absolute atomic E-state index is 12.4. The quantitative estimate of drug-likeness (QED) is 0.371. The highest BCUT2D eigenvalue weighted by Crippen LogP contribution is 2.24. The van der Waals surface area contributed by atoms with E-state index in [1.165, 1.54) is 0 Å². The van der Waals surface area contributed by atoms with Crippen LogP contribution in [-0.2, 0) is 4.79 Å². The Kier molecular flexibility index (Phi) is 6.60. The number of nitrogen functional groups attached to an aromatic ring is 1. The Morgan fingerprint density at radius 2 is 1.96 bits per heavy atom. The fourth-order valence-electron chi connectivity index (χ4n) is 3.35. The summed E-state index contributed by atoms with van der Waals surface area (Å²) in [5.74, 6) is 0.754. The molecule has 1 fully saturated rings. The Hall–Kier alpha value is -2.93. The van der Waals surface area contributed by atoms with Gasteiger partial charge >= 0.3 is 0 Å². The molecule has 0 bridgehead atoms. The fraction of sp³-hybridized carbons (Fsp3) is 0.333. The van der Waals surface area contributed by atoms with Gasteiger partial charge in [0.1, 0.15) is 18.5 Å². The van der Waals surface area contributed by atoms with Gasteiger partial charge in [0.15, 0.2) is 0 Å². The molecule has 2 aromatic rings. The number of alkyl halides is 1. The lowest BCUT2D eigenvalue weighted by Gasteiger charge is -2.31. The van der Waals surface area contributed by atoms with Crippen molar-refractivity contribution in [3.63, 3.8) is 0 Å². The molecule has 1 saturated heterocycles. The summed E-state index contributed by atoms with van der Waals surface area (Å²) < 4.78 is 18.4. The smallest absolute Gasteiger partial charge is 0.211 e. The van der Waals surface area contributed by atoms with E-state index in [0.29, 0.717) is 35.5 Å². The number of piperidine rings is 1. The molecule has 0 saturated carbocycles. The van der Waals surface area contributed by atoms with Crippen LogP contribution in [0.2, 0.25) is 0 Å². The molecule has 0 aliphatic carbocycles. The molecule has 7 heteroatoms. The minimum absolute atomic E-state index is 0.128. The zero-order chi connectivity index (χ0) is 19.9. The number of hydrogen-bond acceptors (Lipinski definition) is 5. The molecule has 1 amide bonds. The minimum Gasteiger partial charge on any atom is -0.490 e. The molecule has 1 heterocycles. The Balaban J connectivity index is 1.64. The second-order valence-electron chi connectivity index (χ2n) is 6.81. The first-order chi connectivity index (χ1) is 13.6. The van der Waals surface area contributed by atoms with Crippen LogP contribution < -0.4 is 15.8 Å². The summed E-state index contributed by atoms with van der Waals surface area (Å²) in [7, 11) is 0. The lowest BCUT2D eigenvalue weighted by molar-refractivity contribution is -0.105. The summed E-state index contributed by atoms with van der Waals surface area (Å²) >= 11 is 0. The molecule has 0 unspecified atom stereocenters. The zero-order valence-corrected chi connectivity index (χ0v) is 15.7. The summed E-state index contributed by atoms with van der Waals surface area (Å²) in [4.78, 5) is 12.7. The third-order valence-corrected chi connectivity index (χ3v) is 4.93. The molecule has 6 nitrogen and oxygen atoms in total. The average Bonchev–Trinajstić information content (AvgIpc) is 2.71. The first kappa shape index (κ1) is 19.8. The number of nitrogens with one attached hydrogen (secondary N) is 2. The van der Waals surface area contributed by atoms with E-state index in [9.17, 15) is 9.18 Å². The van der Waals surface area contributed by atoms with Gasteiger partial charge in [-0.25, -0.2) is 4.39 Å². The standard InChI is InChI=1S/C21H25FN4O2/c22-9-12-26-10-7-18(8-11-26)28-17-4-1-15(2-5-17)21(24)19-13-16(25-14-27)3-6-20(19)23/h1-6,13-14,18,24H,7-12,23H2,(H,25,27). The van der Waals surface area contributed by atoms with Crippen LogP contribution in [0.5, 0.6) is 5.75 Å². The van der Waals surface area contributed by atoms with Gasteiger partial charge in [-0.15, -0.1) is 0 Å². The van der Waals surface area contributed by atoms with Crippen LogP contribution in [-0.4, -0.2) is 49.4 Å². The highest BCUT2D eigenvalue weighted by atomic mass is 19.1. The van der Waals surface area contributed by atoms with E-state index in [1.807, 2.05) is 24.3 Å². The summed E-state index contributed by atoms with van der Waals surface area (Å²) in [6, 6.07) is 12.4. The Morgan fingerprint density at radius 1 is 1.25 bits per heavy atom. The van der Waals surface area contributed by atoms with Crippen LogP contribution in [0.15, 0.2) is 42.5 Å². The van der Waals surface area contributed by atoms with Crippen molar-refractivity contribution in [1.82, 2.24) is 4.90 Å². The number of carbonyl (C=O) groups excluding carboxylic acids is 1. The van der Waals surface area contributed by atoms with Crippen molar-refractivity contribution in [3.8, 4) is 5.75 Å². The summed E-state index contributed by atoms with van der Waals surface area (Å²) in [6.45, 7) is 1.89. The van der Waals surface area contributed by atoms with E-state index in [-0.39, 0.29) is 18.5 Å². The number of carbonyl (C=O) groups is 1. The Morgan fingerprint density at radius 3 is 2.61 bits per heavy atom. The second-order valence-corrected chi connectivity index (χ2v) is 6.81. The fourth-order valence-corrected chi connectivity index (χ4v) is 3.35. The van der Waals surface area contributed by atoms with E-state index in [4.69, 9.17) is 15.9 Å². The normalized spacial score (nSPS) is 15.2. The van der Waals surface area contributed by atoms with Gasteiger partial charge in [0.25, 0.3) is 0 Å². The van der Waals surface area contributed by atoms with Crippen molar-refractivity contribution in [2.24, 2.45) is 0 Å². The number of halogens is 1. The number of benzene rings is 2. The van der Waals surface area contributed by atoms with Gasteiger partial charge < -0.3 is 20.7 Å². The Bertz CT molecular complexity index is 818. The SMILES string of the molecule is N=C(c1ccc(OC2CCN(CCF)CC2)cc1)c1cc(NC=O)ccc1N. The topological polar surface area (TPSA) is 91.4 Å². The van der Waals surface area contributed by atoms with Crippen LogP contribution in [0.1, 0.15) is 24.0 Å². The van der Waals surface area contributed by atoms with Gasteiger partial charge in [-0.2, -0.15) is 0 Å². The van der Waals surface area contributed by atoms with Crippen molar-refractivity contribution < 1.29 is 13.9 Å². The number of rotatable bonds is 8. The number of ether oxygens (including phenoxy) is 1. The largest absolute Gasteiger partial charge is 0.490 e. The number of hydrogen-bond donors (Lipinski definition) is 3. The summed E-state index contributed by atoms with van der Waals surface area (Å²) in [5.41, 5.74) is 8.60. The number of nitrogens with zero attached hydrogens (tertiary/aromatic N) is 1. The van der Waals surface area contributed by atoms with Crippen molar-refractivity contribution >= 4 is 23.5 Å². The monoisotopic (exact) mass is 384 g/mol. The molecule has 3 rings (SSSR count). The molecular weight excluding hydrogens is 359 g/mol. The lowest BCUT2D eigenvalue weighted by Crippen LogP contribution is -2.39. The summed E-state index contributed by atoms with van der Waals surface area (Å²) in [6.07, 6.45) is 2.48. The molecule has 4 N–H and O–H groups in total. The highest BCUT2D eigenvalue weighted by Gasteiger charge is 2.20. The average molecular weight is 384 g/mol.